The number of nitrogens with two attached hydrogens (primary N) is 1. The first-order valence-electron chi connectivity index (χ1n) is 3.23. The summed E-state index contributed by atoms with van der Waals surface area (Å²) < 4.78 is 0. The van der Waals surface area contributed by atoms with Gasteiger partial charge in [0.15, 0.2) is 0 Å². The molecule has 1 unspecified atom stereocenters. The normalized spacial score (nSPS) is 14.9. The van der Waals surface area contributed by atoms with E-state index >= 15 is 0 Å². The molecule has 0 rings (SSSR count). The Balaban J connectivity index is 4.02. The highest BCUT2D eigenvalue weighted by Crippen LogP contribution is 1.93. The van der Waals surface area contributed by atoms with Gasteiger partial charge in [0.05, 0.1) is 0 Å². The quantitative estimate of drug-likeness (QED) is 0.546. The number of primary amides is 1. The fourth-order valence-corrected chi connectivity index (χ4v) is 0.540. The topological polar surface area (TPSA) is 55.1 Å². The van der Waals surface area contributed by atoms with Crippen molar-refractivity contribution in [3.05, 3.63) is 11.6 Å². The minimum Gasteiger partial charge on any atom is -0.366 e. The Bertz CT molecular complexity index is 152. The van der Waals surface area contributed by atoms with Crippen LogP contribution in [-0.4, -0.2) is 19.0 Å². The van der Waals surface area contributed by atoms with Crippen LogP contribution >= 0.6 is 0 Å². The molecule has 0 aromatic carbocycles. The van der Waals surface area contributed by atoms with E-state index in [2.05, 4.69) is 5.32 Å². The van der Waals surface area contributed by atoms with E-state index in [1.54, 1.807) is 13.0 Å². The molecule has 0 bridgehead atoms. The van der Waals surface area contributed by atoms with Gasteiger partial charge < -0.3 is 11.1 Å². The van der Waals surface area contributed by atoms with Crippen molar-refractivity contribution in [2.75, 3.05) is 7.05 Å². The van der Waals surface area contributed by atoms with Gasteiger partial charge in [-0.2, -0.15) is 0 Å². The lowest BCUT2D eigenvalue weighted by molar-refractivity contribution is -0.114. The SMILES string of the molecule is CNC(C)/C=C(/C)C(N)=O. The second-order valence-electron chi connectivity index (χ2n) is 2.29. The molecule has 0 spiro atoms. The molecule has 3 nitrogen and oxygen atoms in total. The van der Waals surface area contributed by atoms with Gasteiger partial charge >= 0.3 is 0 Å². The van der Waals surface area contributed by atoms with E-state index < -0.39 is 0 Å². The molecular weight excluding hydrogens is 128 g/mol. The van der Waals surface area contributed by atoms with Crippen molar-refractivity contribution in [2.24, 2.45) is 5.73 Å². The average molecular weight is 142 g/mol. The lowest BCUT2D eigenvalue weighted by atomic mass is 10.2. The standard InChI is InChI=1S/C7H14N2O/c1-5(7(8)10)4-6(2)9-3/h4,6,9H,1-3H3,(H2,8,10)/b5-4-. The number of nitrogens with one attached hydrogen (secondary N) is 1. The number of likely N-dealkylation sites (N-methyl/N-ethyl adjacent to an activating group) is 1. The Morgan fingerprint density at radius 3 is 2.50 bits per heavy atom. The zero-order chi connectivity index (χ0) is 8.15. The molecule has 0 saturated heterocycles. The molecule has 58 valence electrons. The molecule has 0 saturated carbocycles. The molecule has 0 aromatic heterocycles. The van der Waals surface area contributed by atoms with Gasteiger partial charge in [0, 0.05) is 11.6 Å². The Morgan fingerprint density at radius 1 is 1.70 bits per heavy atom. The molecular formula is C7H14N2O. The van der Waals surface area contributed by atoms with Gasteiger partial charge in [-0.1, -0.05) is 6.08 Å². The van der Waals surface area contributed by atoms with Crippen LogP contribution in [0.15, 0.2) is 11.6 Å². The maximum Gasteiger partial charge on any atom is 0.244 e. The van der Waals surface area contributed by atoms with Crippen molar-refractivity contribution in [3.63, 3.8) is 0 Å². The van der Waals surface area contributed by atoms with E-state index in [1.165, 1.54) is 0 Å². The number of amides is 1. The zero-order valence-electron chi connectivity index (χ0n) is 6.64. The summed E-state index contributed by atoms with van der Waals surface area (Å²) in [7, 11) is 1.83. The van der Waals surface area contributed by atoms with Crippen LogP contribution < -0.4 is 11.1 Å². The van der Waals surface area contributed by atoms with E-state index in [4.69, 9.17) is 5.73 Å². The van der Waals surface area contributed by atoms with Gasteiger partial charge in [0.2, 0.25) is 5.91 Å². The monoisotopic (exact) mass is 142 g/mol. The summed E-state index contributed by atoms with van der Waals surface area (Å²) in [6.45, 7) is 3.66. The first kappa shape index (κ1) is 9.17. The highest BCUT2D eigenvalue weighted by Gasteiger charge is 1.98. The Labute approximate surface area is 61.3 Å². The van der Waals surface area contributed by atoms with E-state index in [0.29, 0.717) is 5.57 Å². The fourth-order valence-electron chi connectivity index (χ4n) is 0.540. The number of carbonyl (C=O) groups is 1. The van der Waals surface area contributed by atoms with Crippen molar-refractivity contribution in [3.8, 4) is 0 Å². The fraction of sp³-hybridized carbons (Fsp3) is 0.571. The van der Waals surface area contributed by atoms with E-state index in [0.717, 1.165) is 0 Å². The minimum atomic E-state index is -0.359. The predicted octanol–water partition coefficient (Wildman–Crippen LogP) is 0.0259. The van der Waals surface area contributed by atoms with Crippen LogP contribution in [0.2, 0.25) is 0 Å². The molecule has 10 heavy (non-hydrogen) atoms. The number of rotatable bonds is 3. The van der Waals surface area contributed by atoms with Gasteiger partial charge in [0.25, 0.3) is 0 Å². The molecule has 0 radical (unpaired) electrons. The third kappa shape index (κ3) is 3.25. The first-order chi connectivity index (χ1) is 4.57. The number of carbonyl (C=O) groups excluding carboxylic acids is 1. The molecule has 3 heteroatoms. The molecule has 3 N–H and O–H groups in total. The summed E-state index contributed by atoms with van der Waals surface area (Å²) >= 11 is 0. The Hall–Kier alpha value is -0.830. The van der Waals surface area contributed by atoms with E-state index in [1.807, 2.05) is 14.0 Å². The van der Waals surface area contributed by atoms with Gasteiger partial charge in [-0.15, -0.1) is 0 Å². The summed E-state index contributed by atoms with van der Waals surface area (Å²) in [6, 6.07) is 0.201. The van der Waals surface area contributed by atoms with Crippen LogP contribution in [0, 0.1) is 0 Å². The summed E-state index contributed by atoms with van der Waals surface area (Å²) in [5, 5.41) is 2.97. The van der Waals surface area contributed by atoms with Crippen LogP contribution in [0.25, 0.3) is 0 Å². The number of hydrogen-bond donors (Lipinski definition) is 2. The van der Waals surface area contributed by atoms with Crippen LogP contribution in [-0.2, 0) is 4.79 Å². The number of hydrogen-bond acceptors (Lipinski definition) is 2. The molecule has 0 aromatic rings. The van der Waals surface area contributed by atoms with E-state index in [-0.39, 0.29) is 11.9 Å². The van der Waals surface area contributed by atoms with Crippen LogP contribution in [0.4, 0.5) is 0 Å². The van der Waals surface area contributed by atoms with Crippen molar-refractivity contribution in [1.29, 1.82) is 0 Å². The van der Waals surface area contributed by atoms with E-state index in [9.17, 15) is 4.79 Å². The Morgan fingerprint density at radius 2 is 2.20 bits per heavy atom. The summed E-state index contributed by atoms with van der Waals surface area (Å²) in [4.78, 5) is 10.5. The van der Waals surface area contributed by atoms with Gasteiger partial charge in [-0.3, -0.25) is 4.79 Å². The molecule has 0 aliphatic heterocycles. The third-order valence-electron chi connectivity index (χ3n) is 1.34. The van der Waals surface area contributed by atoms with Crippen molar-refractivity contribution in [2.45, 2.75) is 19.9 Å². The molecule has 0 aliphatic carbocycles. The molecule has 1 amide bonds. The van der Waals surface area contributed by atoms with Gasteiger partial charge in [0.1, 0.15) is 0 Å². The summed E-state index contributed by atoms with van der Waals surface area (Å²) in [5.41, 5.74) is 5.60. The third-order valence-corrected chi connectivity index (χ3v) is 1.34. The molecule has 0 aliphatic rings. The lowest BCUT2D eigenvalue weighted by Crippen LogP contribution is -2.21. The van der Waals surface area contributed by atoms with Gasteiger partial charge in [-0.25, -0.2) is 0 Å². The van der Waals surface area contributed by atoms with Crippen molar-refractivity contribution < 1.29 is 4.79 Å². The average Bonchev–Trinajstić information content (AvgIpc) is 1.87. The smallest absolute Gasteiger partial charge is 0.244 e. The maximum atomic E-state index is 10.5. The summed E-state index contributed by atoms with van der Waals surface area (Å²) in [5.74, 6) is -0.359. The highest BCUT2D eigenvalue weighted by atomic mass is 16.1. The summed E-state index contributed by atoms with van der Waals surface area (Å²) in [6.07, 6.45) is 1.79. The van der Waals surface area contributed by atoms with Crippen LogP contribution in [0.1, 0.15) is 13.8 Å². The first-order valence-corrected chi connectivity index (χ1v) is 3.23. The largest absolute Gasteiger partial charge is 0.366 e. The zero-order valence-corrected chi connectivity index (χ0v) is 6.64. The van der Waals surface area contributed by atoms with Gasteiger partial charge in [-0.05, 0) is 20.9 Å². The molecule has 1 atom stereocenters. The van der Waals surface area contributed by atoms with Crippen molar-refractivity contribution in [1.82, 2.24) is 5.32 Å². The van der Waals surface area contributed by atoms with Crippen LogP contribution in [0.5, 0.6) is 0 Å². The van der Waals surface area contributed by atoms with Crippen LogP contribution in [0.3, 0.4) is 0 Å². The lowest BCUT2D eigenvalue weighted by Gasteiger charge is -2.03. The minimum absolute atomic E-state index is 0.201. The predicted molar refractivity (Wildman–Crippen MR) is 41.5 cm³/mol. The Kier molecular flexibility index (Phi) is 3.72. The molecule has 0 fully saturated rings. The second-order valence-corrected chi connectivity index (χ2v) is 2.29. The maximum absolute atomic E-state index is 10.5. The van der Waals surface area contributed by atoms with Crippen molar-refractivity contribution >= 4 is 5.91 Å². The highest BCUT2D eigenvalue weighted by molar-refractivity contribution is 5.91. The molecule has 0 heterocycles. The second kappa shape index (κ2) is 4.06.